The summed E-state index contributed by atoms with van der Waals surface area (Å²) in [4.78, 5) is 0. The van der Waals surface area contributed by atoms with E-state index in [0.29, 0.717) is 35.5 Å². The van der Waals surface area contributed by atoms with Crippen LogP contribution in [0.3, 0.4) is 0 Å². The lowest BCUT2D eigenvalue weighted by Crippen LogP contribution is -2.50. The summed E-state index contributed by atoms with van der Waals surface area (Å²) < 4.78 is 0. The Morgan fingerprint density at radius 1 is 1.21 bits per heavy atom. The molecule has 110 valence electrons. The van der Waals surface area contributed by atoms with Crippen LogP contribution in [0.25, 0.3) is 0 Å². The number of aliphatic hydroxyl groups is 2. The Kier molecular flexibility index (Phi) is 4.73. The first-order valence-corrected chi connectivity index (χ1v) is 7.93. The summed E-state index contributed by atoms with van der Waals surface area (Å²) in [5, 5.41) is 20.3. The first kappa shape index (κ1) is 15.1. The van der Waals surface area contributed by atoms with E-state index >= 15 is 0 Å². The zero-order valence-electron chi connectivity index (χ0n) is 12.8. The van der Waals surface area contributed by atoms with E-state index in [0.717, 1.165) is 19.3 Å². The zero-order chi connectivity index (χ0) is 14.2. The van der Waals surface area contributed by atoms with Gasteiger partial charge in [-0.05, 0) is 68.6 Å². The Hall–Kier alpha value is -0.340. The van der Waals surface area contributed by atoms with E-state index in [1.165, 1.54) is 5.57 Å². The highest BCUT2D eigenvalue weighted by Gasteiger charge is 2.49. The second-order valence-corrected chi connectivity index (χ2v) is 6.98. The Morgan fingerprint density at radius 2 is 1.89 bits per heavy atom. The maximum Gasteiger partial charge on any atom is 0.0571 e. The van der Waals surface area contributed by atoms with Crippen molar-refractivity contribution in [3.05, 3.63) is 11.6 Å². The fourth-order valence-electron chi connectivity index (χ4n) is 5.02. The Bertz CT molecular complexity index is 336. The van der Waals surface area contributed by atoms with E-state index in [4.69, 9.17) is 0 Å². The summed E-state index contributed by atoms with van der Waals surface area (Å²) in [6, 6.07) is 0. The van der Waals surface area contributed by atoms with Crippen molar-refractivity contribution in [1.82, 2.24) is 0 Å². The summed E-state index contributed by atoms with van der Waals surface area (Å²) >= 11 is 0. The van der Waals surface area contributed by atoms with Crippen LogP contribution in [-0.2, 0) is 0 Å². The minimum absolute atomic E-state index is 0.149. The van der Waals surface area contributed by atoms with E-state index in [1.54, 1.807) is 0 Å². The number of rotatable bonds is 2. The van der Waals surface area contributed by atoms with Crippen molar-refractivity contribution in [3.63, 3.8) is 0 Å². The molecule has 2 heteroatoms. The molecular weight excluding hydrogens is 236 g/mol. The van der Waals surface area contributed by atoms with Crippen LogP contribution >= 0.6 is 0 Å². The van der Waals surface area contributed by atoms with Crippen molar-refractivity contribution in [2.24, 2.45) is 35.5 Å². The molecule has 0 spiro atoms. The summed E-state index contributed by atoms with van der Waals surface area (Å²) in [6.07, 6.45) is 5.22. The van der Waals surface area contributed by atoms with Gasteiger partial charge in [0.1, 0.15) is 0 Å². The summed E-state index contributed by atoms with van der Waals surface area (Å²) in [5.41, 5.74) is 1.41. The van der Waals surface area contributed by atoms with Gasteiger partial charge in [-0.2, -0.15) is 0 Å². The number of allylic oxidation sites excluding steroid dienone is 2. The van der Waals surface area contributed by atoms with Gasteiger partial charge in [-0.1, -0.05) is 25.5 Å². The van der Waals surface area contributed by atoms with Gasteiger partial charge < -0.3 is 10.2 Å². The quantitative estimate of drug-likeness (QED) is 0.753. The van der Waals surface area contributed by atoms with Gasteiger partial charge in [-0.25, -0.2) is 0 Å². The summed E-state index contributed by atoms with van der Waals surface area (Å²) in [6.45, 7) is 9.17. The Balaban J connectivity index is 2.32. The molecule has 0 bridgehead atoms. The van der Waals surface area contributed by atoms with E-state index in [2.05, 4.69) is 33.8 Å². The maximum absolute atomic E-state index is 10.3. The molecule has 0 aromatic carbocycles. The van der Waals surface area contributed by atoms with Crippen molar-refractivity contribution in [3.8, 4) is 0 Å². The SMILES string of the molecule is C/C=C(\C)[C@H]1[C@@H](CO)[C@H]2[C@@H](C[C@H]1C)[C@@H](O)CC[C@@H]2C. The van der Waals surface area contributed by atoms with Crippen LogP contribution in [-0.4, -0.2) is 22.9 Å². The number of aliphatic hydroxyl groups excluding tert-OH is 2. The predicted molar refractivity (Wildman–Crippen MR) is 78.7 cm³/mol. The van der Waals surface area contributed by atoms with Crippen molar-refractivity contribution in [2.45, 2.75) is 53.1 Å². The van der Waals surface area contributed by atoms with Crippen LogP contribution in [0, 0.1) is 35.5 Å². The van der Waals surface area contributed by atoms with E-state index < -0.39 is 0 Å². The van der Waals surface area contributed by atoms with Gasteiger partial charge in [0.05, 0.1) is 6.10 Å². The molecule has 19 heavy (non-hydrogen) atoms. The molecule has 0 amide bonds. The molecule has 7 atom stereocenters. The molecule has 0 saturated heterocycles. The molecule has 2 N–H and O–H groups in total. The molecule has 0 heterocycles. The highest BCUT2D eigenvalue weighted by molar-refractivity contribution is 5.11. The highest BCUT2D eigenvalue weighted by Crippen LogP contribution is 2.52. The van der Waals surface area contributed by atoms with Gasteiger partial charge in [-0.3, -0.25) is 0 Å². The average molecular weight is 266 g/mol. The smallest absolute Gasteiger partial charge is 0.0571 e. The maximum atomic E-state index is 10.3. The first-order valence-electron chi connectivity index (χ1n) is 7.93. The van der Waals surface area contributed by atoms with Crippen LogP contribution < -0.4 is 0 Å². The highest BCUT2D eigenvalue weighted by atomic mass is 16.3. The predicted octanol–water partition coefficient (Wildman–Crippen LogP) is 3.24. The van der Waals surface area contributed by atoms with Gasteiger partial charge in [0.25, 0.3) is 0 Å². The van der Waals surface area contributed by atoms with Crippen molar-refractivity contribution in [2.75, 3.05) is 6.61 Å². The van der Waals surface area contributed by atoms with Crippen LogP contribution in [0.4, 0.5) is 0 Å². The standard InChI is InChI=1S/C17H30O2/c1-5-10(2)16-12(4)8-13-15(19)7-6-11(3)17(13)14(16)9-18/h5,11-19H,6-9H2,1-4H3/b10-5+/t11-,12+,13-,14+,15-,16+,17+/m0/s1. The monoisotopic (exact) mass is 266 g/mol. The third-order valence-corrected chi connectivity index (χ3v) is 5.97. The number of fused-ring (bicyclic) bond motifs is 1. The fourth-order valence-corrected chi connectivity index (χ4v) is 5.02. The van der Waals surface area contributed by atoms with Crippen LogP contribution in [0.2, 0.25) is 0 Å². The normalized spacial score (nSPS) is 47.9. The van der Waals surface area contributed by atoms with Gasteiger partial charge in [0, 0.05) is 6.61 Å². The van der Waals surface area contributed by atoms with Crippen LogP contribution in [0.1, 0.15) is 47.0 Å². The molecule has 2 aliphatic carbocycles. The lowest BCUT2D eigenvalue weighted by molar-refractivity contribution is -0.0864. The van der Waals surface area contributed by atoms with Crippen molar-refractivity contribution < 1.29 is 10.2 Å². The molecule has 0 unspecified atom stereocenters. The second-order valence-electron chi connectivity index (χ2n) is 6.98. The number of hydrogen-bond acceptors (Lipinski definition) is 2. The van der Waals surface area contributed by atoms with E-state index in [9.17, 15) is 10.2 Å². The molecular formula is C17H30O2. The molecule has 2 saturated carbocycles. The molecule has 2 aliphatic rings. The lowest BCUT2D eigenvalue weighted by Gasteiger charge is -2.52. The van der Waals surface area contributed by atoms with Crippen LogP contribution in [0.15, 0.2) is 11.6 Å². The van der Waals surface area contributed by atoms with Crippen molar-refractivity contribution >= 4 is 0 Å². The zero-order valence-corrected chi connectivity index (χ0v) is 12.8. The third kappa shape index (κ3) is 2.62. The molecule has 0 aromatic heterocycles. The molecule has 2 rings (SSSR count). The summed E-state index contributed by atoms with van der Waals surface area (Å²) in [7, 11) is 0. The molecule has 0 aliphatic heterocycles. The van der Waals surface area contributed by atoms with Crippen molar-refractivity contribution in [1.29, 1.82) is 0 Å². The molecule has 2 nitrogen and oxygen atoms in total. The van der Waals surface area contributed by atoms with Crippen LogP contribution in [0.5, 0.6) is 0 Å². The summed E-state index contributed by atoms with van der Waals surface area (Å²) in [5.74, 6) is 2.90. The van der Waals surface area contributed by atoms with E-state index in [1.807, 2.05) is 0 Å². The largest absolute Gasteiger partial charge is 0.396 e. The lowest BCUT2D eigenvalue weighted by atomic mass is 9.53. The fraction of sp³-hybridized carbons (Fsp3) is 0.882. The molecule has 2 fully saturated rings. The minimum atomic E-state index is -0.149. The van der Waals surface area contributed by atoms with Gasteiger partial charge >= 0.3 is 0 Å². The van der Waals surface area contributed by atoms with E-state index in [-0.39, 0.29) is 12.7 Å². The Labute approximate surface area is 117 Å². The molecule has 0 radical (unpaired) electrons. The van der Waals surface area contributed by atoms with Gasteiger partial charge in [0.15, 0.2) is 0 Å². The molecule has 0 aromatic rings. The third-order valence-electron chi connectivity index (χ3n) is 5.97. The number of hydrogen-bond donors (Lipinski definition) is 2. The van der Waals surface area contributed by atoms with Gasteiger partial charge in [0.2, 0.25) is 0 Å². The van der Waals surface area contributed by atoms with Gasteiger partial charge in [-0.15, -0.1) is 0 Å². The Morgan fingerprint density at radius 3 is 2.47 bits per heavy atom. The average Bonchev–Trinajstić information content (AvgIpc) is 2.40. The first-order chi connectivity index (χ1) is 9.01. The topological polar surface area (TPSA) is 40.5 Å². The minimum Gasteiger partial charge on any atom is -0.396 e. The second kappa shape index (κ2) is 5.97.